The number of carbonyl (C=O) groups is 1. The Morgan fingerprint density at radius 3 is 2.19 bits per heavy atom. The van der Waals surface area contributed by atoms with E-state index in [9.17, 15) is 4.79 Å². The second-order valence-corrected chi connectivity index (χ2v) is 4.49. The lowest BCUT2D eigenvalue weighted by molar-refractivity contribution is -0.121. The van der Waals surface area contributed by atoms with Crippen molar-refractivity contribution < 1.29 is 19.0 Å². The minimum atomic E-state index is 0.00479. The maximum atomic E-state index is 11.8. The zero-order valence-electron chi connectivity index (χ0n) is 13.1. The molecule has 1 aromatic rings. The molecule has 0 bridgehead atoms. The maximum absolute atomic E-state index is 11.8. The van der Waals surface area contributed by atoms with Gasteiger partial charge in [-0.05, 0) is 20.0 Å². The van der Waals surface area contributed by atoms with Gasteiger partial charge in [-0.1, -0.05) is 0 Å². The van der Waals surface area contributed by atoms with Crippen LogP contribution in [0.25, 0.3) is 0 Å². The van der Waals surface area contributed by atoms with Gasteiger partial charge in [0.1, 0.15) is 17.2 Å². The summed E-state index contributed by atoms with van der Waals surface area (Å²) in [4.78, 5) is 11.8. The number of amides is 1. The molecule has 0 aliphatic rings. The van der Waals surface area contributed by atoms with E-state index in [1.165, 1.54) is 0 Å². The number of hydrogen-bond acceptors (Lipinski definition) is 5. The van der Waals surface area contributed by atoms with Crippen molar-refractivity contribution in [3.63, 3.8) is 0 Å². The van der Waals surface area contributed by atoms with Crippen LogP contribution in [0.5, 0.6) is 17.2 Å². The highest BCUT2D eigenvalue weighted by atomic mass is 16.5. The fourth-order valence-corrected chi connectivity index (χ4v) is 1.95. The predicted molar refractivity (Wildman–Crippen MR) is 81.1 cm³/mol. The molecule has 0 spiro atoms. The third-order valence-electron chi connectivity index (χ3n) is 3.11. The topological polar surface area (TPSA) is 68.8 Å². The number of hydrogen-bond donors (Lipinski definition) is 2. The van der Waals surface area contributed by atoms with Gasteiger partial charge in [-0.3, -0.25) is 4.79 Å². The molecule has 21 heavy (non-hydrogen) atoms. The summed E-state index contributed by atoms with van der Waals surface area (Å²) in [6.07, 6.45) is 1.29. The Morgan fingerprint density at radius 2 is 1.71 bits per heavy atom. The molecule has 0 atom stereocenters. The van der Waals surface area contributed by atoms with Gasteiger partial charge in [0.25, 0.3) is 0 Å². The Hall–Kier alpha value is -1.95. The van der Waals surface area contributed by atoms with E-state index < -0.39 is 0 Å². The lowest BCUT2D eigenvalue weighted by Crippen LogP contribution is -2.24. The molecule has 0 radical (unpaired) electrons. The van der Waals surface area contributed by atoms with E-state index in [0.29, 0.717) is 30.2 Å². The lowest BCUT2D eigenvalue weighted by Gasteiger charge is -2.15. The third kappa shape index (κ3) is 5.15. The summed E-state index contributed by atoms with van der Waals surface area (Å²) in [5, 5.41) is 5.89. The van der Waals surface area contributed by atoms with Crippen LogP contribution in [0.2, 0.25) is 0 Å². The van der Waals surface area contributed by atoms with Crippen molar-refractivity contribution in [2.24, 2.45) is 0 Å². The van der Waals surface area contributed by atoms with Gasteiger partial charge in [0.2, 0.25) is 5.91 Å². The molecule has 1 amide bonds. The summed E-state index contributed by atoms with van der Waals surface area (Å²) in [7, 11) is 6.60. The lowest BCUT2D eigenvalue weighted by atomic mass is 10.1. The summed E-state index contributed by atoms with van der Waals surface area (Å²) in [6.45, 7) is 1.18. The zero-order chi connectivity index (χ0) is 15.7. The molecule has 0 fully saturated rings. The van der Waals surface area contributed by atoms with Crippen molar-refractivity contribution in [3.8, 4) is 17.2 Å². The second-order valence-electron chi connectivity index (χ2n) is 4.49. The minimum Gasteiger partial charge on any atom is -0.496 e. The molecule has 0 aliphatic carbocycles. The van der Waals surface area contributed by atoms with E-state index in [1.807, 2.05) is 7.05 Å². The smallest absolute Gasteiger partial charge is 0.220 e. The average molecular weight is 296 g/mol. The third-order valence-corrected chi connectivity index (χ3v) is 3.11. The first-order valence-corrected chi connectivity index (χ1v) is 6.86. The van der Waals surface area contributed by atoms with Crippen LogP contribution in [0.4, 0.5) is 0 Å². The van der Waals surface area contributed by atoms with Crippen molar-refractivity contribution in [2.75, 3.05) is 34.9 Å². The van der Waals surface area contributed by atoms with Gasteiger partial charge in [-0.2, -0.15) is 0 Å². The Labute approximate surface area is 125 Å². The highest BCUT2D eigenvalue weighted by Crippen LogP contribution is 2.33. The van der Waals surface area contributed by atoms with Crippen LogP contribution in [-0.4, -0.2) is 40.8 Å². The Bertz CT molecular complexity index is 438. The first-order valence-electron chi connectivity index (χ1n) is 6.86. The Morgan fingerprint density at radius 1 is 1.10 bits per heavy atom. The molecule has 6 nitrogen and oxygen atoms in total. The van der Waals surface area contributed by atoms with Crippen molar-refractivity contribution >= 4 is 5.91 Å². The van der Waals surface area contributed by atoms with Crippen LogP contribution in [0.3, 0.4) is 0 Å². The van der Waals surface area contributed by atoms with Crippen LogP contribution in [0, 0.1) is 0 Å². The molecule has 118 valence electrons. The fourth-order valence-electron chi connectivity index (χ4n) is 1.95. The van der Waals surface area contributed by atoms with E-state index in [2.05, 4.69) is 10.6 Å². The quantitative estimate of drug-likeness (QED) is 0.673. The van der Waals surface area contributed by atoms with Gasteiger partial charge in [0, 0.05) is 18.6 Å². The number of ether oxygens (including phenoxy) is 3. The number of nitrogens with one attached hydrogen (secondary N) is 2. The van der Waals surface area contributed by atoms with Crippen molar-refractivity contribution in [2.45, 2.75) is 19.4 Å². The molecule has 0 saturated carbocycles. The van der Waals surface area contributed by atoms with E-state index in [0.717, 1.165) is 18.5 Å². The molecule has 0 heterocycles. The summed E-state index contributed by atoms with van der Waals surface area (Å²) in [6, 6.07) is 3.54. The maximum Gasteiger partial charge on any atom is 0.220 e. The monoisotopic (exact) mass is 296 g/mol. The van der Waals surface area contributed by atoms with Crippen LogP contribution in [0.15, 0.2) is 12.1 Å². The molecule has 1 rings (SSSR count). The second kappa shape index (κ2) is 9.07. The van der Waals surface area contributed by atoms with Crippen molar-refractivity contribution in [1.29, 1.82) is 0 Å². The molecular formula is C15H24N2O4. The number of rotatable bonds is 9. The fraction of sp³-hybridized carbons (Fsp3) is 0.533. The average Bonchev–Trinajstić information content (AvgIpc) is 2.52. The van der Waals surface area contributed by atoms with Gasteiger partial charge < -0.3 is 24.8 Å². The van der Waals surface area contributed by atoms with Crippen molar-refractivity contribution in [3.05, 3.63) is 17.7 Å². The molecule has 0 unspecified atom stereocenters. The van der Waals surface area contributed by atoms with Gasteiger partial charge in [0.05, 0.1) is 33.4 Å². The van der Waals surface area contributed by atoms with E-state index in [-0.39, 0.29) is 5.91 Å². The van der Waals surface area contributed by atoms with Gasteiger partial charge in [-0.25, -0.2) is 0 Å². The van der Waals surface area contributed by atoms with Crippen LogP contribution in [0.1, 0.15) is 18.4 Å². The van der Waals surface area contributed by atoms with Gasteiger partial charge in [0.15, 0.2) is 0 Å². The molecule has 6 heteroatoms. The van der Waals surface area contributed by atoms with Gasteiger partial charge >= 0.3 is 0 Å². The summed E-state index contributed by atoms with van der Waals surface area (Å²) >= 11 is 0. The molecule has 1 aromatic carbocycles. The first-order chi connectivity index (χ1) is 10.2. The van der Waals surface area contributed by atoms with Gasteiger partial charge in [-0.15, -0.1) is 0 Å². The Balaban J connectivity index is 2.75. The first kappa shape index (κ1) is 17.1. The van der Waals surface area contributed by atoms with Crippen LogP contribution in [-0.2, 0) is 11.3 Å². The highest BCUT2D eigenvalue weighted by molar-refractivity contribution is 5.76. The van der Waals surface area contributed by atoms with Crippen LogP contribution >= 0.6 is 0 Å². The van der Waals surface area contributed by atoms with E-state index in [4.69, 9.17) is 14.2 Å². The standard InChI is InChI=1S/C15H24N2O4/c1-16-7-5-6-15(18)17-10-12-13(20-3)8-11(19-2)9-14(12)21-4/h8-9,16H,5-7,10H2,1-4H3,(H,17,18). The van der Waals surface area contributed by atoms with E-state index in [1.54, 1.807) is 33.5 Å². The van der Waals surface area contributed by atoms with Crippen LogP contribution < -0.4 is 24.8 Å². The van der Waals surface area contributed by atoms with E-state index >= 15 is 0 Å². The summed E-state index contributed by atoms with van der Waals surface area (Å²) in [5.41, 5.74) is 0.794. The predicted octanol–water partition coefficient (Wildman–Crippen LogP) is 1.33. The summed E-state index contributed by atoms with van der Waals surface area (Å²) < 4.78 is 15.9. The molecular weight excluding hydrogens is 272 g/mol. The van der Waals surface area contributed by atoms with Crippen molar-refractivity contribution in [1.82, 2.24) is 10.6 Å². The molecule has 0 aromatic heterocycles. The highest BCUT2D eigenvalue weighted by Gasteiger charge is 2.14. The minimum absolute atomic E-state index is 0.00479. The molecule has 0 saturated heterocycles. The Kier molecular flexibility index (Phi) is 7.39. The normalized spacial score (nSPS) is 10.1. The summed E-state index contributed by atoms with van der Waals surface area (Å²) in [5.74, 6) is 1.90. The number of benzene rings is 1. The number of methoxy groups -OCH3 is 3. The SMILES string of the molecule is CNCCCC(=O)NCc1c(OC)cc(OC)cc1OC. The zero-order valence-corrected chi connectivity index (χ0v) is 13.1. The molecule has 2 N–H and O–H groups in total. The molecule has 0 aliphatic heterocycles. The largest absolute Gasteiger partial charge is 0.496 e. The number of carbonyl (C=O) groups excluding carboxylic acids is 1.